The molecule has 4 heteroatoms. The van der Waals surface area contributed by atoms with Gasteiger partial charge >= 0.3 is 0 Å². The van der Waals surface area contributed by atoms with Crippen molar-refractivity contribution in [3.63, 3.8) is 0 Å². The summed E-state index contributed by atoms with van der Waals surface area (Å²) in [5.74, 6) is -0.125. The van der Waals surface area contributed by atoms with E-state index in [4.69, 9.17) is 4.74 Å². The largest absolute Gasteiger partial charge is 0.376 e. The van der Waals surface area contributed by atoms with E-state index < -0.39 is 0 Å². The zero-order chi connectivity index (χ0) is 11.5. The molecule has 16 heavy (non-hydrogen) atoms. The summed E-state index contributed by atoms with van der Waals surface area (Å²) >= 11 is 3.35. The van der Waals surface area contributed by atoms with Crippen molar-refractivity contribution in [2.75, 3.05) is 13.7 Å². The molecule has 1 heterocycles. The topological polar surface area (TPSA) is 39.2 Å². The van der Waals surface area contributed by atoms with Crippen molar-refractivity contribution < 1.29 is 9.53 Å². The van der Waals surface area contributed by atoms with Crippen molar-refractivity contribution in [3.05, 3.63) is 40.5 Å². The molecule has 0 amide bonds. The number of rotatable bonds is 3. The van der Waals surface area contributed by atoms with Crippen LogP contribution in [0.3, 0.4) is 0 Å². The lowest BCUT2D eigenvalue weighted by Crippen LogP contribution is -2.10. The van der Waals surface area contributed by atoms with E-state index in [1.807, 2.05) is 30.3 Å². The predicted molar refractivity (Wildman–Crippen MR) is 65.6 cm³/mol. The number of aromatic nitrogens is 1. The van der Waals surface area contributed by atoms with Crippen LogP contribution in [-0.4, -0.2) is 24.5 Å². The van der Waals surface area contributed by atoms with Crippen molar-refractivity contribution in [2.24, 2.45) is 0 Å². The first-order valence-corrected chi connectivity index (χ1v) is 5.59. The molecule has 0 atom stereocenters. The lowest BCUT2D eigenvalue weighted by Gasteiger charge is -2.04. The first-order chi connectivity index (χ1) is 7.72. The summed E-state index contributed by atoms with van der Waals surface area (Å²) in [5, 5.41) is 1.00. The average molecular weight is 280 g/mol. The summed E-state index contributed by atoms with van der Waals surface area (Å²) in [5.41, 5.74) is 1.23. The molecule has 0 aliphatic rings. The van der Waals surface area contributed by atoms with Crippen LogP contribution in [0.25, 0.3) is 10.9 Å². The summed E-state index contributed by atoms with van der Waals surface area (Å²) in [4.78, 5) is 16.0. The molecule has 1 aromatic heterocycles. The number of hydrogen-bond donors (Lipinski definition) is 0. The number of ketones is 1. The summed E-state index contributed by atoms with van der Waals surface area (Å²) in [6.07, 6.45) is 0. The standard InChI is InChI=1S/C12H10BrNO2/c1-16-7-11(15)12-9(13)6-8-4-2-3-5-10(8)14-12/h2-6H,7H2,1H3. The second-order valence-corrected chi connectivity index (χ2v) is 4.22. The van der Waals surface area contributed by atoms with Gasteiger partial charge in [-0.2, -0.15) is 0 Å². The number of methoxy groups -OCH3 is 1. The van der Waals surface area contributed by atoms with Crippen LogP contribution in [0.15, 0.2) is 34.8 Å². The Morgan fingerprint density at radius 3 is 2.94 bits per heavy atom. The Morgan fingerprint density at radius 1 is 1.44 bits per heavy atom. The maximum absolute atomic E-state index is 11.7. The van der Waals surface area contributed by atoms with Gasteiger partial charge in [0.05, 0.1) is 5.52 Å². The van der Waals surface area contributed by atoms with Crippen molar-refractivity contribution in [1.82, 2.24) is 4.98 Å². The summed E-state index contributed by atoms with van der Waals surface area (Å²) in [6, 6.07) is 9.56. The zero-order valence-electron chi connectivity index (χ0n) is 8.74. The Balaban J connectivity index is 2.54. The van der Waals surface area contributed by atoms with Crippen molar-refractivity contribution in [1.29, 1.82) is 0 Å². The van der Waals surface area contributed by atoms with E-state index in [1.165, 1.54) is 7.11 Å². The van der Waals surface area contributed by atoms with Gasteiger partial charge in [-0.1, -0.05) is 18.2 Å². The van der Waals surface area contributed by atoms with Gasteiger partial charge in [0, 0.05) is 17.0 Å². The lowest BCUT2D eigenvalue weighted by atomic mass is 10.2. The molecular weight excluding hydrogens is 270 g/mol. The lowest BCUT2D eigenvalue weighted by molar-refractivity contribution is 0.0842. The van der Waals surface area contributed by atoms with Crippen molar-refractivity contribution >= 4 is 32.6 Å². The molecule has 3 nitrogen and oxygen atoms in total. The van der Waals surface area contributed by atoms with Gasteiger partial charge in [0.1, 0.15) is 12.3 Å². The van der Waals surface area contributed by atoms with Crippen LogP contribution in [0.5, 0.6) is 0 Å². The highest BCUT2D eigenvalue weighted by Crippen LogP contribution is 2.21. The SMILES string of the molecule is COCC(=O)c1nc2ccccc2cc1Br. The molecule has 0 aliphatic heterocycles. The number of Topliss-reactive ketones (excluding diaryl/α,β-unsaturated/α-hetero) is 1. The first-order valence-electron chi connectivity index (χ1n) is 4.80. The molecule has 2 aromatic rings. The number of benzene rings is 1. The van der Waals surface area contributed by atoms with Crippen molar-refractivity contribution in [2.45, 2.75) is 0 Å². The van der Waals surface area contributed by atoms with Gasteiger partial charge in [-0.15, -0.1) is 0 Å². The van der Waals surface area contributed by atoms with Gasteiger partial charge in [0.25, 0.3) is 0 Å². The van der Waals surface area contributed by atoms with Crippen LogP contribution in [0.4, 0.5) is 0 Å². The quantitative estimate of drug-likeness (QED) is 0.811. The monoisotopic (exact) mass is 279 g/mol. The predicted octanol–water partition coefficient (Wildman–Crippen LogP) is 2.83. The van der Waals surface area contributed by atoms with Crippen LogP contribution in [0.1, 0.15) is 10.5 Å². The molecule has 2 rings (SSSR count). The van der Waals surface area contributed by atoms with E-state index in [9.17, 15) is 4.79 Å². The van der Waals surface area contributed by atoms with Gasteiger partial charge in [-0.3, -0.25) is 4.79 Å². The molecule has 0 saturated heterocycles. The fraction of sp³-hybridized carbons (Fsp3) is 0.167. The normalized spacial score (nSPS) is 10.6. The molecule has 0 spiro atoms. The third-order valence-corrected chi connectivity index (χ3v) is 2.82. The fourth-order valence-corrected chi connectivity index (χ4v) is 2.04. The first kappa shape index (κ1) is 11.2. The maximum atomic E-state index is 11.7. The van der Waals surface area contributed by atoms with Gasteiger partial charge in [-0.05, 0) is 28.1 Å². The Labute approximate surface area is 102 Å². The minimum absolute atomic E-state index is 0.0456. The minimum Gasteiger partial charge on any atom is -0.376 e. The van der Waals surface area contributed by atoms with Crippen LogP contribution in [-0.2, 0) is 4.74 Å². The van der Waals surface area contributed by atoms with Crippen LogP contribution >= 0.6 is 15.9 Å². The average Bonchev–Trinajstić information content (AvgIpc) is 2.28. The molecule has 0 radical (unpaired) electrons. The summed E-state index contributed by atoms with van der Waals surface area (Å²) in [6.45, 7) is 0.0456. The molecule has 0 N–H and O–H groups in total. The van der Waals surface area contributed by atoms with E-state index in [0.29, 0.717) is 10.2 Å². The highest BCUT2D eigenvalue weighted by atomic mass is 79.9. The number of pyridine rings is 1. The second-order valence-electron chi connectivity index (χ2n) is 3.37. The van der Waals surface area contributed by atoms with E-state index in [2.05, 4.69) is 20.9 Å². The molecule has 82 valence electrons. The van der Waals surface area contributed by atoms with Gasteiger partial charge in [0.2, 0.25) is 5.78 Å². The number of fused-ring (bicyclic) bond motifs is 1. The summed E-state index contributed by atoms with van der Waals surface area (Å²) in [7, 11) is 1.49. The maximum Gasteiger partial charge on any atom is 0.207 e. The number of halogens is 1. The van der Waals surface area contributed by atoms with E-state index >= 15 is 0 Å². The van der Waals surface area contributed by atoms with E-state index in [-0.39, 0.29) is 12.4 Å². The number of nitrogens with zero attached hydrogens (tertiary/aromatic N) is 1. The highest BCUT2D eigenvalue weighted by Gasteiger charge is 2.12. The molecule has 0 aliphatic carbocycles. The third-order valence-electron chi connectivity index (χ3n) is 2.22. The molecule has 1 aromatic carbocycles. The summed E-state index contributed by atoms with van der Waals surface area (Å²) < 4.78 is 5.52. The zero-order valence-corrected chi connectivity index (χ0v) is 10.3. The molecule has 0 bridgehead atoms. The minimum atomic E-state index is -0.125. The number of carbonyl (C=O) groups is 1. The Bertz CT molecular complexity index is 540. The Kier molecular flexibility index (Phi) is 3.31. The van der Waals surface area contributed by atoms with E-state index in [1.54, 1.807) is 0 Å². The van der Waals surface area contributed by atoms with Crippen LogP contribution < -0.4 is 0 Å². The molecular formula is C12H10BrNO2. The highest BCUT2D eigenvalue weighted by molar-refractivity contribution is 9.10. The molecule has 0 unspecified atom stereocenters. The Morgan fingerprint density at radius 2 is 2.19 bits per heavy atom. The van der Waals surface area contributed by atoms with Crippen LogP contribution in [0.2, 0.25) is 0 Å². The number of carbonyl (C=O) groups excluding carboxylic acids is 1. The van der Waals surface area contributed by atoms with Gasteiger partial charge in [0.15, 0.2) is 0 Å². The van der Waals surface area contributed by atoms with E-state index in [0.717, 1.165) is 10.9 Å². The third kappa shape index (κ3) is 2.13. The number of hydrogen-bond acceptors (Lipinski definition) is 3. The van der Waals surface area contributed by atoms with Gasteiger partial charge < -0.3 is 4.74 Å². The molecule has 0 fully saturated rings. The second kappa shape index (κ2) is 4.72. The smallest absolute Gasteiger partial charge is 0.207 e. The molecule has 0 saturated carbocycles. The number of para-hydroxylation sites is 1. The van der Waals surface area contributed by atoms with Crippen LogP contribution in [0, 0.1) is 0 Å². The fourth-order valence-electron chi connectivity index (χ4n) is 1.49. The van der Waals surface area contributed by atoms with Gasteiger partial charge in [-0.25, -0.2) is 4.98 Å². The Hall–Kier alpha value is -1.26. The van der Waals surface area contributed by atoms with Crippen molar-refractivity contribution in [3.8, 4) is 0 Å². The number of ether oxygens (including phenoxy) is 1.